The van der Waals surface area contributed by atoms with E-state index in [4.69, 9.17) is 9.47 Å². The molecule has 0 radical (unpaired) electrons. The summed E-state index contributed by atoms with van der Waals surface area (Å²) < 4.78 is 15.6. The molecule has 1 aliphatic heterocycles. The molecule has 1 amide bonds. The molecule has 9 heteroatoms. The summed E-state index contributed by atoms with van der Waals surface area (Å²) in [4.78, 5) is 23.2. The molecular weight excluding hydrogens is 370 g/mol. The zero-order valence-electron chi connectivity index (χ0n) is 14.9. The molecule has 1 aromatic rings. The number of esters is 1. The summed E-state index contributed by atoms with van der Waals surface area (Å²) in [5.41, 5.74) is 0.783. The number of hydrogen-bond acceptors (Lipinski definition) is 8. The third-order valence-corrected chi connectivity index (χ3v) is 4.72. The predicted molar refractivity (Wildman–Crippen MR) is 102 cm³/mol. The van der Waals surface area contributed by atoms with Crippen LogP contribution in [0.15, 0.2) is 39.4 Å². The first kappa shape index (κ1) is 19.0. The van der Waals surface area contributed by atoms with Gasteiger partial charge < -0.3 is 14.2 Å². The van der Waals surface area contributed by atoms with E-state index < -0.39 is 11.9 Å². The summed E-state index contributed by atoms with van der Waals surface area (Å²) in [6.45, 7) is 0.678. The molecular formula is C18H19N3O5S. The maximum Gasteiger partial charge on any atom is 0.331 e. The third kappa shape index (κ3) is 5.33. The molecule has 1 aliphatic carbocycles. The average molecular weight is 389 g/mol. The average Bonchev–Trinajstić information content (AvgIpc) is 3.44. The van der Waals surface area contributed by atoms with Crippen LogP contribution in [0.4, 0.5) is 0 Å². The maximum absolute atomic E-state index is 11.7. The van der Waals surface area contributed by atoms with Crippen molar-refractivity contribution in [2.24, 2.45) is 16.1 Å². The van der Waals surface area contributed by atoms with E-state index in [9.17, 15) is 9.59 Å². The Morgan fingerprint density at radius 3 is 2.85 bits per heavy atom. The summed E-state index contributed by atoms with van der Waals surface area (Å²) in [6.07, 6.45) is 5.07. The van der Waals surface area contributed by atoms with Gasteiger partial charge in [0.1, 0.15) is 0 Å². The van der Waals surface area contributed by atoms with E-state index in [0.717, 1.165) is 23.4 Å². The number of thioether (sulfide) groups is 1. The molecule has 1 aromatic carbocycles. The number of nitrogens with one attached hydrogen (secondary N) is 1. The molecule has 1 N–H and O–H groups in total. The second kappa shape index (κ2) is 8.72. The fourth-order valence-corrected chi connectivity index (χ4v) is 2.91. The van der Waals surface area contributed by atoms with Crippen LogP contribution in [0.25, 0.3) is 0 Å². The SMILES string of the molecule is COC(=O)/C=C1/S/C(=N\N=Cc2ccc(OC)c(OCC3CC3)c2)NC1=O. The Hall–Kier alpha value is -2.81. The highest BCUT2D eigenvalue weighted by Gasteiger charge is 2.25. The second-order valence-corrected chi connectivity index (χ2v) is 6.93. The maximum atomic E-state index is 11.7. The zero-order valence-corrected chi connectivity index (χ0v) is 15.7. The van der Waals surface area contributed by atoms with Crippen LogP contribution in [0.3, 0.4) is 0 Å². The Morgan fingerprint density at radius 1 is 1.33 bits per heavy atom. The van der Waals surface area contributed by atoms with Gasteiger partial charge in [-0.3, -0.25) is 10.1 Å². The summed E-state index contributed by atoms with van der Waals surface area (Å²) in [5, 5.41) is 10.8. The third-order valence-electron chi connectivity index (χ3n) is 3.82. The number of nitrogens with zero attached hydrogens (tertiary/aromatic N) is 2. The van der Waals surface area contributed by atoms with Gasteiger partial charge in [-0.25, -0.2) is 4.79 Å². The van der Waals surface area contributed by atoms with E-state index in [-0.39, 0.29) is 10.1 Å². The Balaban J connectivity index is 1.66. The monoisotopic (exact) mass is 389 g/mol. The smallest absolute Gasteiger partial charge is 0.331 e. The molecule has 0 aromatic heterocycles. The zero-order chi connectivity index (χ0) is 19.2. The predicted octanol–water partition coefficient (Wildman–Crippen LogP) is 2.09. The van der Waals surface area contributed by atoms with Crippen molar-refractivity contribution in [1.82, 2.24) is 5.32 Å². The van der Waals surface area contributed by atoms with Crippen LogP contribution >= 0.6 is 11.8 Å². The number of amidine groups is 1. The van der Waals surface area contributed by atoms with Gasteiger partial charge in [0.2, 0.25) is 0 Å². The number of carbonyl (C=O) groups is 2. The van der Waals surface area contributed by atoms with E-state index in [1.54, 1.807) is 19.4 Å². The van der Waals surface area contributed by atoms with Gasteiger partial charge in [-0.15, -0.1) is 5.10 Å². The molecule has 8 nitrogen and oxygen atoms in total. The Bertz CT molecular complexity index is 830. The number of carbonyl (C=O) groups excluding carboxylic acids is 2. The van der Waals surface area contributed by atoms with E-state index in [1.165, 1.54) is 20.0 Å². The largest absolute Gasteiger partial charge is 0.493 e. The van der Waals surface area contributed by atoms with Crippen molar-refractivity contribution in [2.45, 2.75) is 12.8 Å². The number of rotatable bonds is 7. The molecule has 0 bridgehead atoms. The van der Waals surface area contributed by atoms with Crippen molar-refractivity contribution in [3.63, 3.8) is 0 Å². The van der Waals surface area contributed by atoms with Crippen molar-refractivity contribution >= 4 is 35.0 Å². The number of methoxy groups -OCH3 is 2. The number of hydrogen-bond donors (Lipinski definition) is 1. The lowest BCUT2D eigenvalue weighted by Gasteiger charge is -2.10. The minimum absolute atomic E-state index is 0.205. The minimum Gasteiger partial charge on any atom is -0.493 e. The van der Waals surface area contributed by atoms with E-state index in [2.05, 4.69) is 20.3 Å². The standard InChI is InChI=1S/C18H19N3O5S/c1-24-13-6-5-12(7-14(13)26-10-11-3-4-11)9-19-21-18-20-17(23)15(27-18)8-16(22)25-2/h5-9,11H,3-4,10H2,1-2H3,(H,20,21,23)/b15-8+,19-9?. The second-order valence-electron chi connectivity index (χ2n) is 5.90. The highest BCUT2D eigenvalue weighted by molar-refractivity contribution is 8.18. The first-order valence-corrected chi connectivity index (χ1v) is 9.11. The van der Waals surface area contributed by atoms with Gasteiger partial charge in [-0.1, -0.05) is 0 Å². The molecule has 0 unspecified atom stereocenters. The molecule has 142 valence electrons. The van der Waals surface area contributed by atoms with Crippen molar-refractivity contribution < 1.29 is 23.8 Å². The van der Waals surface area contributed by atoms with Crippen LogP contribution in [0, 0.1) is 5.92 Å². The lowest BCUT2D eigenvalue weighted by molar-refractivity contribution is -0.135. The van der Waals surface area contributed by atoms with Gasteiger partial charge >= 0.3 is 5.97 Å². The van der Waals surface area contributed by atoms with Gasteiger partial charge in [0.05, 0.1) is 31.9 Å². The van der Waals surface area contributed by atoms with Crippen molar-refractivity contribution in [3.05, 3.63) is 34.7 Å². The Morgan fingerprint density at radius 2 is 2.15 bits per heavy atom. The van der Waals surface area contributed by atoms with Crippen LogP contribution in [-0.2, 0) is 14.3 Å². The molecule has 27 heavy (non-hydrogen) atoms. The van der Waals surface area contributed by atoms with Crippen molar-refractivity contribution in [2.75, 3.05) is 20.8 Å². The van der Waals surface area contributed by atoms with Gasteiger partial charge in [0.25, 0.3) is 5.91 Å². The Kier molecular flexibility index (Phi) is 6.12. The molecule has 3 rings (SSSR count). The number of benzene rings is 1. The summed E-state index contributed by atoms with van der Waals surface area (Å²) >= 11 is 1.02. The summed E-state index contributed by atoms with van der Waals surface area (Å²) in [6, 6.07) is 5.46. The highest BCUT2D eigenvalue weighted by atomic mass is 32.2. The molecule has 0 atom stereocenters. The van der Waals surface area contributed by atoms with Gasteiger partial charge in [-0.2, -0.15) is 5.10 Å². The van der Waals surface area contributed by atoms with Gasteiger partial charge in [-0.05, 0) is 54.3 Å². The number of ether oxygens (including phenoxy) is 3. The normalized spacial score (nSPS) is 19.6. The molecule has 1 saturated heterocycles. The van der Waals surface area contributed by atoms with Crippen LogP contribution in [0.1, 0.15) is 18.4 Å². The lowest BCUT2D eigenvalue weighted by Crippen LogP contribution is -2.19. The first-order chi connectivity index (χ1) is 13.1. The first-order valence-electron chi connectivity index (χ1n) is 8.29. The van der Waals surface area contributed by atoms with Crippen molar-refractivity contribution in [1.29, 1.82) is 0 Å². The quantitative estimate of drug-likeness (QED) is 0.332. The van der Waals surface area contributed by atoms with Gasteiger partial charge in [0, 0.05) is 6.08 Å². The van der Waals surface area contributed by atoms with Crippen molar-refractivity contribution in [3.8, 4) is 11.5 Å². The molecule has 1 heterocycles. The van der Waals surface area contributed by atoms with Gasteiger partial charge in [0.15, 0.2) is 16.7 Å². The topological polar surface area (TPSA) is 98.6 Å². The summed E-state index contributed by atoms with van der Waals surface area (Å²) in [5.74, 6) is 0.936. The fourth-order valence-electron chi connectivity index (χ4n) is 2.17. The molecule has 0 spiro atoms. The van der Waals surface area contributed by atoms with Crippen LogP contribution in [0.2, 0.25) is 0 Å². The Labute approximate surface area is 160 Å². The molecule has 2 aliphatic rings. The van der Waals surface area contributed by atoms with Crippen LogP contribution < -0.4 is 14.8 Å². The minimum atomic E-state index is -0.602. The fraction of sp³-hybridized carbons (Fsp3) is 0.333. The summed E-state index contributed by atoms with van der Waals surface area (Å²) in [7, 11) is 2.84. The van der Waals surface area contributed by atoms with E-state index >= 15 is 0 Å². The van der Waals surface area contributed by atoms with E-state index in [0.29, 0.717) is 24.0 Å². The number of amides is 1. The lowest BCUT2D eigenvalue weighted by atomic mass is 10.2. The molecule has 1 saturated carbocycles. The van der Waals surface area contributed by atoms with E-state index in [1.807, 2.05) is 12.1 Å². The molecule has 2 fully saturated rings. The van der Waals surface area contributed by atoms with Crippen LogP contribution in [-0.4, -0.2) is 44.1 Å². The highest BCUT2D eigenvalue weighted by Crippen LogP contribution is 2.33. The van der Waals surface area contributed by atoms with Crippen LogP contribution in [0.5, 0.6) is 11.5 Å².